The number of halogens is 1. The molecule has 1 heterocycles. The van der Waals surface area contributed by atoms with Crippen LogP contribution >= 0.6 is 11.6 Å². The van der Waals surface area contributed by atoms with Crippen molar-refractivity contribution in [2.24, 2.45) is 5.92 Å². The van der Waals surface area contributed by atoms with Gasteiger partial charge in [0.25, 0.3) is 0 Å². The molecule has 0 radical (unpaired) electrons. The standard InChI is InChI=1S/C16H20ClNO3/c1-16(2,3)21-15(20)12-4-6-13(7-5-12)18-10-11(9-17)8-14(18)19/h4-7,11H,8-10H2,1-3H3. The number of benzene rings is 1. The van der Waals surface area contributed by atoms with E-state index in [0.717, 1.165) is 5.69 Å². The second kappa shape index (κ2) is 6.06. The van der Waals surface area contributed by atoms with Gasteiger partial charge in [0.1, 0.15) is 5.60 Å². The summed E-state index contributed by atoms with van der Waals surface area (Å²) >= 11 is 5.81. The van der Waals surface area contributed by atoms with Gasteiger partial charge < -0.3 is 9.64 Å². The van der Waals surface area contributed by atoms with Gasteiger partial charge in [0.15, 0.2) is 0 Å². The number of hydrogen-bond acceptors (Lipinski definition) is 3. The minimum absolute atomic E-state index is 0.0747. The zero-order valence-electron chi connectivity index (χ0n) is 12.6. The molecule has 1 fully saturated rings. The number of carbonyl (C=O) groups excluding carboxylic acids is 2. The highest BCUT2D eigenvalue weighted by Gasteiger charge is 2.30. The summed E-state index contributed by atoms with van der Waals surface area (Å²) in [5.41, 5.74) is 0.753. The van der Waals surface area contributed by atoms with E-state index >= 15 is 0 Å². The largest absolute Gasteiger partial charge is 0.456 e. The van der Waals surface area contributed by atoms with E-state index in [4.69, 9.17) is 16.3 Å². The molecule has 2 rings (SSSR count). The number of carbonyl (C=O) groups is 2. The molecule has 1 unspecified atom stereocenters. The number of ether oxygens (including phenoxy) is 1. The lowest BCUT2D eigenvalue weighted by Gasteiger charge is -2.20. The first-order valence-electron chi connectivity index (χ1n) is 7.00. The minimum atomic E-state index is -0.520. The lowest BCUT2D eigenvalue weighted by atomic mass is 10.1. The van der Waals surface area contributed by atoms with Crippen LogP contribution in [-0.2, 0) is 9.53 Å². The van der Waals surface area contributed by atoms with Gasteiger partial charge in [-0.15, -0.1) is 11.6 Å². The van der Waals surface area contributed by atoms with Crippen molar-refractivity contribution in [3.8, 4) is 0 Å². The van der Waals surface area contributed by atoms with Gasteiger partial charge in [0, 0.05) is 24.5 Å². The number of amides is 1. The summed E-state index contributed by atoms with van der Waals surface area (Å²) in [6, 6.07) is 6.91. The van der Waals surface area contributed by atoms with Crippen LogP contribution in [0.25, 0.3) is 0 Å². The van der Waals surface area contributed by atoms with Gasteiger partial charge in [-0.25, -0.2) is 4.79 Å². The third-order valence-corrected chi connectivity index (χ3v) is 3.67. The molecule has 1 aliphatic heterocycles. The van der Waals surface area contributed by atoms with Crippen LogP contribution in [0.2, 0.25) is 0 Å². The zero-order chi connectivity index (χ0) is 15.6. The van der Waals surface area contributed by atoms with Crippen molar-refractivity contribution in [1.82, 2.24) is 0 Å². The molecular formula is C16H20ClNO3. The molecule has 5 heteroatoms. The fourth-order valence-electron chi connectivity index (χ4n) is 2.25. The topological polar surface area (TPSA) is 46.6 Å². The molecule has 114 valence electrons. The third kappa shape index (κ3) is 3.97. The van der Waals surface area contributed by atoms with Crippen LogP contribution in [0.4, 0.5) is 5.69 Å². The SMILES string of the molecule is CC(C)(C)OC(=O)c1ccc(N2CC(CCl)CC2=O)cc1. The number of rotatable bonds is 3. The smallest absolute Gasteiger partial charge is 0.338 e. The van der Waals surface area contributed by atoms with Crippen LogP contribution in [0.3, 0.4) is 0 Å². The van der Waals surface area contributed by atoms with Crippen LogP contribution < -0.4 is 4.90 Å². The van der Waals surface area contributed by atoms with Gasteiger partial charge in [-0.2, -0.15) is 0 Å². The minimum Gasteiger partial charge on any atom is -0.456 e. The number of alkyl halides is 1. The van der Waals surface area contributed by atoms with Crippen LogP contribution in [0.5, 0.6) is 0 Å². The molecular weight excluding hydrogens is 290 g/mol. The zero-order valence-corrected chi connectivity index (χ0v) is 13.3. The van der Waals surface area contributed by atoms with E-state index in [1.165, 1.54) is 0 Å². The molecule has 1 amide bonds. The Balaban J connectivity index is 2.09. The van der Waals surface area contributed by atoms with Gasteiger partial charge in [0.2, 0.25) is 5.91 Å². The highest BCUT2D eigenvalue weighted by molar-refractivity contribution is 6.18. The fraction of sp³-hybridized carbons (Fsp3) is 0.500. The van der Waals surface area contributed by atoms with E-state index in [-0.39, 0.29) is 17.8 Å². The number of nitrogens with zero attached hydrogens (tertiary/aromatic N) is 1. The molecule has 0 spiro atoms. The Hall–Kier alpha value is -1.55. The Kier molecular flexibility index (Phi) is 4.57. The van der Waals surface area contributed by atoms with Crippen LogP contribution in [0.1, 0.15) is 37.6 Å². The summed E-state index contributed by atoms with van der Waals surface area (Å²) in [6.07, 6.45) is 0.483. The summed E-state index contributed by atoms with van der Waals surface area (Å²) in [7, 11) is 0. The second-order valence-corrected chi connectivity index (χ2v) is 6.59. The van der Waals surface area contributed by atoms with E-state index in [1.54, 1.807) is 29.2 Å². The van der Waals surface area contributed by atoms with E-state index in [9.17, 15) is 9.59 Å². The Bertz CT molecular complexity index is 533. The Morgan fingerprint density at radius 2 is 1.95 bits per heavy atom. The Morgan fingerprint density at radius 1 is 1.33 bits per heavy atom. The van der Waals surface area contributed by atoms with Gasteiger partial charge in [-0.1, -0.05) is 0 Å². The van der Waals surface area contributed by atoms with E-state index in [1.807, 2.05) is 20.8 Å². The lowest BCUT2D eigenvalue weighted by Crippen LogP contribution is -2.25. The maximum Gasteiger partial charge on any atom is 0.338 e. The Labute approximate surface area is 130 Å². The van der Waals surface area contributed by atoms with E-state index in [0.29, 0.717) is 24.4 Å². The van der Waals surface area contributed by atoms with Crippen molar-refractivity contribution in [2.45, 2.75) is 32.8 Å². The number of hydrogen-bond donors (Lipinski definition) is 0. The summed E-state index contributed by atoms with van der Waals surface area (Å²) in [5.74, 6) is 0.397. The van der Waals surface area contributed by atoms with Gasteiger partial charge in [-0.05, 0) is 51.0 Å². The number of esters is 1. The average molecular weight is 310 g/mol. The maximum absolute atomic E-state index is 11.9. The Morgan fingerprint density at radius 3 is 2.43 bits per heavy atom. The molecule has 0 aliphatic carbocycles. The van der Waals surface area contributed by atoms with Gasteiger partial charge in [0.05, 0.1) is 5.56 Å². The molecule has 1 aliphatic rings. The molecule has 0 bridgehead atoms. The fourth-order valence-corrected chi connectivity index (χ4v) is 2.46. The molecule has 0 saturated carbocycles. The van der Waals surface area contributed by atoms with Gasteiger partial charge in [-0.3, -0.25) is 4.79 Å². The first kappa shape index (κ1) is 15.8. The van der Waals surface area contributed by atoms with Crippen molar-refractivity contribution in [3.05, 3.63) is 29.8 Å². The molecule has 0 N–H and O–H groups in total. The van der Waals surface area contributed by atoms with Crippen LogP contribution in [-0.4, -0.2) is 29.9 Å². The van der Waals surface area contributed by atoms with E-state index < -0.39 is 5.60 Å². The van der Waals surface area contributed by atoms with Crippen molar-refractivity contribution in [2.75, 3.05) is 17.3 Å². The average Bonchev–Trinajstić information content (AvgIpc) is 2.78. The molecule has 4 nitrogen and oxygen atoms in total. The first-order valence-corrected chi connectivity index (χ1v) is 7.53. The molecule has 21 heavy (non-hydrogen) atoms. The van der Waals surface area contributed by atoms with Crippen molar-refractivity contribution in [1.29, 1.82) is 0 Å². The predicted molar refractivity (Wildman–Crippen MR) is 82.8 cm³/mol. The summed E-state index contributed by atoms with van der Waals surface area (Å²) in [6.45, 7) is 6.12. The molecule has 1 atom stereocenters. The van der Waals surface area contributed by atoms with Crippen molar-refractivity contribution < 1.29 is 14.3 Å². The molecule has 1 saturated heterocycles. The normalized spacial score (nSPS) is 19.0. The predicted octanol–water partition coefficient (Wildman–Crippen LogP) is 3.23. The summed E-state index contributed by atoms with van der Waals surface area (Å²) in [5, 5.41) is 0. The lowest BCUT2D eigenvalue weighted by molar-refractivity contribution is -0.117. The van der Waals surface area contributed by atoms with E-state index in [2.05, 4.69) is 0 Å². The van der Waals surface area contributed by atoms with Crippen LogP contribution in [0, 0.1) is 5.92 Å². The second-order valence-electron chi connectivity index (χ2n) is 6.28. The van der Waals surface area contributed by atoms with Crippen LogP contribution in [0.15, 0.2) is 24.3 Å². The molecule has 1 aromatic rings. The first-order chi connectivity index (χ1) is 9.80. The molecule has 0 aromatic heterocycles. The highest BCUT2D eigenvalue weighted by atomic mass is 35.5. The van der Waals surface area contributed by atoms with Gasteiger partial charge >= 0.3 is 5.97 Å². The molecule has 1 aromatic carbocycles. The number of anilines is 1. The summed E-state index contributed by atoms with van der Waals surface area (Å²) in [4.78, 5) is 25.6. The van der Waals surface area contributed by atoms with Crippen molar-refractivity contribution in [3.63, 3.8) is 0 Å². The third-order valence-electron chi connectivity index (χ3n) is 3.24. The summed E-state index contributed by atoms with van der Waals surface area (Å²) < 4.78 is 5.31. The van der Waals surface area contributed by atoms with Crippen molar-refractivity contribution >= 4 is 29.2 Å². The quantitative estimate of drug-likeness (QED) is 0.636. The highest BCUT2D eigenvalue weighted by Crippen LogP contribution is 2.26. The maximum atomic E-state index is 11.9. The monoisotopic (exact) mass is 309 g/mol.